The maximum absolute atomic E-state index is 11.5. The summed E-state index contributed by atoms with van der Waals surface area (Å²) in [7, 11) is 0. The zero-order valence-electron chi connectivity index (χ0n) is 10.6. The number of amides is 1. The Bertz CT molecular complexity index is 430. The normalized spacial score (nSPS) is 10.8. The van der Waals surface area contributed by atoms with Gasteiger partial charge in [-0.05, 0) is 30.2 Å². The van der Waals surface area contributed by atoms with Gasteiger partial charge >= 0.3 is 0 Å². The van der Waals surface area contributed by atoms with Gasteiger partial charge in [0.25, 0.3) is 0 Å². The molecular formula is C14H19ClN2O. The molecule has 0 fully saturated rings. The lowest BCUT2D eigenvalue weighted by molar-refractivity contribution is -0.116. The number of carbonyl (C=O) groups is 1. The van der Waals surface area contributed by atoms with Gasteiger partial charge in [-0.15, -0.1) is 0 Å². The smallest absolute Gasteiger partial charge is 0.243 e. The monoisotopic (exact) mass is 266 g/mol. The van der Waals surface area contributed by atoms with Crippen LogP contribution in [0.25, 0.3) is 6.08 Å². The van der Waals surface area contributed by atoms with E-state index < -0.39 is 0 Å². The Morgan fingerprint density at radius 1 is 1.44 bits per heavy atom. The van der Waals surface area contributed by atoms with Gasteiger partial charge in [0.2, 0.25) is 5.91 Å². The van der Waals surface area contributed by atoms with Crippen LogP contribution in [0.1, 0.15) is 31.7 Å². The number of nitrogen functional groups attached to an aromatic ring is 1. The van der Waals surface area contributed by atoms with Gasteiger partial charge in [0, 0.05) is 12.6 Å². The summed E-state index contributed by atoms with van der Waals surface area (Å²) in [5, 5.41) is 3.35. The van der Waals surface area contributed by atoms with Crippen molar-refractivity contribution in [1.29, 1.82) is 0 Å². The number of anilines is 1. The lowest BCUT2D eigenvalue weighted by Crippen LogP contribution is -2.21. The molecule has 0 aromatic heterocycles. The van der Waals surface area contributed by atoms with E-state index in [1.165, 1.54) is 6.08 Å². The summed E-state index contributed by atoms with van der Waals surface area (Å²) in [6.45, 7) is 2.85. The van der Waals surface area contributed by atoms with E-state index in [0.717, 1.165) is 31.4 Å². The molecule has 3 N–H and O–H groups in total. The van der Waals surface area contributed by atoms with E-state index in [2.05, 4.69) is 12.2 Å². The van der Waals surface area contributed by atoms with E-state index in [-0.39, 0.29) is 5.91 Å². The summed E-state index contributed by atoms with van der Waals surface area (Å²) < 4.78 is 0. The van der Waals surface area contributed by atoms with Crippen molar-refractivity contribution in [3.05, 3.63) is 34.9 Å². The third-order valence-corrected chi connectivity index (χ3v) is 2.87. The molecule has 1 aromatic carbocycles. The molecule has 0 spiro atoms. The number of carbonyl (C=O) groups excluding carboxylic acids is 1. The van der Waals surface area contributed by atoms with E-state index in [0.29, 0.717) is 10.7 Å². The van der Waals surface area contributed by atoms with Crippen molar-refractivity contribution >= 4 is 29.3 Å². The summed E-state index contributed by atoms with van der Waals surface area (Å²) in [4.78, 5) is 11.5. The van der Waals surface area contributed by atoms with E-state index in [1.54, 1.807) is 18.2 Å². The molecule has 0 radical (unpaired) electrons. The average Bonchev–Trinajstić information content (AvgIpc) is 2.36. The summed E-state index contributed by atoms with van der Waals surface area (Å²) in [6, 6.07) is 5.28. The Hall–Kier alpha value is -1.48. The first-order valence-electron chi connectivity index (χ1n) is 6.14. The molecule has 0 bridgehead atoms. The third kappa shape index (κ3) is 5.23. The molecule has 3 nitrogen and oxygen atoms in total. The molecule has 1 amide bonds. The van der Waals surface area contributed by atoms with Gasteiger partial charge in [-0.3, -0.25) is 4.79 Å². The second kappa shape index (κ2) is 7.77. The molecule has 0 saturated heterocycles. The summed E-state index contributed by atoms with van der Waals surface area (Å²) in [6.07, 6.45) is 6.54. The average molecular weight is 267 g/mol. The summed E-state index contributed by atoms with van der Waals surface area (Å²) >= 11 is 5.81. The van der Waals surface area contributed by atoms with E-state index in [4.69, 9.17) is 17.3 Å². The number of nitrogens with two attached hydrogens (primary N) is 1. The zero-order valence-corrected chi connectivity index (χ0v) is 11.3. The van der Waals surface area contributed by atoms with E-state index in [9.17, 15) is 4.79 Å². The van der Waals surface area contributed by atoms with Crippen LogP contribution < -0.4 is 11.1 Å². The third-order valence-electron chi connectivity index (χ3n) is 2.53. The quantitative estimate of drug-likeness (QED) is 0.472. The number of hydrogen-bond acceptors (Lipinski definition) is 2. The summed E-state index contributed by atoms with van der Waals surface area (Å²) in [5.41, 5.74) is 7.05. The molecule has 0 saturated carbocycles. The fourth-order valence-corrected chi connectivity index (χ4v) is 1.60. The number of hydrogen-bond donors (Lipinski definition) is 2. The van der Waals surface area contributed by atoms with Crippen LogP contribution in [-0.4, -0.2) is 12.5 Å². The first kappa shape index (κ1) is 14.6. The molecule has 0 aliphatic heterocycles. The van der Waals surface area contributed by atoms with Gasteiger partial charge in [-0.1, -0.05) is 37.4 Å². The predicted molar refractivity (Wildman–Crippen MR) is 77.4 cm³/mol. The topological polar surface area (TPSA) is 55.1 Å². The van der Waals surface area contributed by atoms with Crippen LogP contribution in [0.15, 0.2) is 24.3 Å². The van der Waals surface area contributed by atoms with Crippen LogP contribution in [0.5, 0.6) is 0 Å². The van der Waals surface area contributed by atoms with Gasteiger partial charge in [-0.2, -0.15) is 0 Å². The van der Waals surface area contributed by atoms with Crippen molar-refractivity contribution in [2.24, 2.45) is 0 Å². The molecule has 98 valence electrons. The largest absolute Gasteiger partial charge is 0.398 e. The highest BCUT2D eigenvalue weighted by Crippen LogP contribution is 2.19. The van der Waals surface area contributed by atoms with Crippen molar-refractivity contribution in [3.63, 3.8) is 0 Å². The number of benzene rings is 1. The maximum atomic E-state index is 11.5. The Labute approximate surface area is 113 Å². The van der Waals surface area contributed by atoms with Gasteiger partial charge in [0.15, 0.2) is 0 Å². The second-order valence-corrected chi connectivity index (χ2v) is 4.52. The van der Waals surface area contributed by atoms with Crippen LogP contribution in [0, 0.1) is 0 Å². The number of halogens is 1. The van der Waals surface area contributed by atoms with Crippen molar-refractivity contribution in [3.8, 4) is 0 Å². The molecule has 0 unspecified atom stereocenters. The highest BCUT2D eigenvalue weighted by molar-refractivity contribution is 6.33. The van der Waals surface area contributed by atoms with E-state index in [1.807, 2.05) is 6.07 Å². The van der Waals surface area contributed by atoms with Crippen molar-refractivity contribution < 1.29 is 4.79 Å². The van der Waals surface area contributed by atoms with Gasteiger partial charge in [0.05, 0.1) is 10.7 Å². The minimum Gasteiger partial charge on any atom is -0.398 e. The van der Waals surface area contributed by atoms with Crippen LogP contribution in [0.4, 0.5) is 5.69 Å². The minimum atomic E-state index is -0.0837. The molecule has 18 heavy (non-hydrogen) atoms. The van der Waals surface area contributed by atoms with E-state index >= 15 is 0 Å². The molecule has 1 aromatic rings. The molecule has 4 heteroatoms. The Kier molecular flexibility index (Phi) is 6.29. The molecular weight excluding hydrogens is 248 g/mol. The van der Waals surface area contributed by atoms with Gasteiger partial charge in [-0.25, -0.2) is 0 Å². The first-order valence-corrected chi connectivity index (χ1v) is 6.52. The second-order valence-electron chi connectivity index (χ2n) is 4.11. The molecule has 0 aliphatic carbocycles. The Balaban J connectivity index is 2.43. The highest BCUT2D eigenvalue weighted by Gasteiger charge is 1.97. The van der Waals surface area contributed by atoms with Crippen LogP contribution in [-0.2, 0) is 4.79 Å². The minimum absolute atomic E-state index is 0.0837. The fraction of sp³-hybridized carbons (Fsp3) is 0.357. The molecule has 0 heterocycles. The SMILES string of the molecule is CCCCCNC(=O)/C=C/c1ccc(Cl)c(N)c1. The lowest BCUT2D eigenvalue weighted by Gasteiger charge is -2.01. The zero-order chi connectivity index (χ0) is 13.4. The maximum Gasteiger partial charge on any atom is 0.243 e. The number of rotatable bonds is 6. The Morgan fingerprint density at radius 2 is 2.22 bits per heavy atom. The van der Waals surface area contributed by atoms with Crippen molar-refractivity contribution in [1.82, 2.24) is 5.32 Å². The predicted octanol–water partition coefficient (Wildman–Crippen LogP) is 3.24. The summed E-state index contributed by atoms with van der Waals surface area (Å²) in [5.74, 6) is -0.0837. The van der Waals surface area contributed by atoms with Crippen molar-refractivity contribution in [2.75, 3.05) is 12.3 Å². The van der Waals surface area contributed by atoms with Gasteiger partial charge < -0.3 is 11.1 Å². The van der Waals surface area contributed by atoms with Gasteiger partial charge in [0.1, 0.15) is 0 Å². The van der Waals surface area contributed by atoms with Crippen molar-refractivity contribution in [2.45, 2.75) is 26.2 Å². The van der Waals surface area contributed by atoms with Crippen LogP contribution in [0.3, 0.4) is 0 Å². The molecule has 0 atom stereocenters. The van der Waals surface area contributed by atoms with Crippen LogP contribution >= 0.6 is 11.6 Å². The fourth-order valence-electron chi connectivity index (χ4n) is 1.48. The molecule has 1 rings (SSSR count). The lowest BCUT2D eigenvalue weighted by atomic mass is 10.2. The first-order chi connectivity index (χ1) is 8.63. The number of unbranched alkanes of at least 4 members (excludes halogenated alkanes) is 2. The van der Waals surface area contributed by atoms with Crippen LogP contribution in [0.2, 0.25) is 5.02 Å². The number of nitrogens with one attached hydrogen (secondary N) is 1. The standard InChI is InChI=1S/C14H19ClN2O/c1-2-3-4-9-17-14(18)8-6-11-5-7-12(15)13(16)10-11/h5-8,10H,2-4,9,16H2,1H3,(H,17,18)/b8-6+. The Morgan fingerprint density at radius 3 is 2.89 bits per heavy atom. The molecule has 0 aliphatic rings. The highest BCUT2D eigenvalue weighted by atomic mass is 35.5.